The second-order valence-electron chi connectivity index (χ2n) is 20.7. The molecule has 302 valence electrons. The Morgan fingerprint density at radius 2 is 1.43 bits per heavy atom. The summed E-state index contributed by atoms with van der Waals surface area (Å²) in [6.45, 7) is 33.7. The van der Waals surface area contributed by atoms with Gasteiger partial charge in [0.05, 0.1) is 12.8 Å². The molecule has 0 aromatic rings. The Balaban J connectivity index is 0.00000152. The number of likely N-dealkylation sites (N-methyl/N-ethyl adjacent to an activating group) is 1. The van der Waals surface area contributed by atoms with Gasteiger partial charge in [-0.05, 0) is 148 Å². The molecule has 6 rings (SSSR count). The van der Waals surface area contributed by atoms with Crippen molar-refractivity contribution in [2.75, 3.05) is 39.8 Å². The average Bonchev–Trinajstić information content (AvgIpc) is 3.47. The first-order chi connectivity index (χ1) is 24.8. The molecule has 6 fully saturated rings. The van der Waals surface area contributed by atoms with E-state index < -0.39 is 11.4 Å². The van der Waals surface area contributed by atoms with Gasteiger partial charge < -0.3 is 29.2 Å². The number of ether oxygens (including phenoxy) is 1. The molecular weight excluding hydrogens is 665 g/mol. The third-order valence-electron chi connectivity index (χ3n) is 17.2. The van der Waals surface area contributed by atoms with E-state index in [-0.39, 0.29) is 35.7 Å². The van der Waals surface area contributed by atoms with Gasteiger partial charge in [-0.3, -0.25) is 9.59 Å². The van der Waals surface area contributed by atoms with Gasteiger partial charge >= 0.3 is 11.9 Å². The lowest BCUT2D eigenvalue weighted by Crippen LogP contribution is -2.66. The molecule has 4 unspecified atom stereocenters. The molecule has 8 nitrogen and oxygen atoms in total. The van der Waals surface area contributed by atoms with Crippen molar-refractivity contribution in [3.05, 3.63) is 12.2 Å². The van der Waals surface area contributed by atoms with Gasteiger partial charge in [-0.2, -0.15) is 0 Å². The Labute approximate surface area is 322 Å². The van der Waals surface area contributed by atoms with Crippen LogP contribution in [0.25, 0.3) is 0 Å². The van der Waals surface area contributed by atoms with Crippen molar-refractivity contribution in [3.8, 4) is 0 Å². The van der Waals surface area contributed by atoms with Gasteiger partial charge in [0.25, 0.3) is 0 Å². The molecule has 10 atom stereocenters. The summed E-state index contributed by atoms with van der Waals surface area (Å²) in [5.74, 6) is 2.33. The highest BCUT2D eigenvalue weighted by Gasteiger charge is 2.71. The number of rotatable bonds is 9. The normalized spacial score (nSPS) is 40.7. The minimum absolute atomic E-state index is 0.0256. The number of allylic oxidation sites excluding steroid dienone is 1. The van der Waals surface area contributed by atoms with Crippen molar-refractivity contribution >= 4 is 25.5 Å². The Morgan fingerprint density at radius 3 is 2.04 bits per heavy atom. The molecule has 8 heteroatoms. The summed E-state index contributed by atoms with van der Waals surface area (Å²) in [5, 5.41) is 9.35. The molecule has 1 aliphatic heterocycles. The van der Waals surface area contributed by atoms with E-state index in [2.05, 4.69) is 65.0 Å². The lowest BCUT2D eigenvalue weighted by atomic mass is 9.32. The van der Waals surface area contributed by atoms with E-state index in [4.69, 9.17) is 14.3 Å². The molecule has 53 heavy (non-hydrogen) atoms. The number of carboxylic acid groups (broad SMARTS) is 1. The second kappa shape index (κ2) is 16.2. The van der Waals surface area contributed by atoms with E-state index in [0.717, 1.165) is 24.7 Å². The maximum atomic E-state index is 13.2. The lowest BCUT2D eigenvalue weighted by molar-refractivity contribution is -0.250. The van der Waals surface area contributed by atoms with Gasteiger partial charge in [-0.25, -0.2) is 0 Å². The molecular formula is C45H76N2O6. The van der Waals surface area contributed by atoms with Crippen LogP contribution in [0.2, 0.25) is 0 Å². The molecule has 0 spiro atoms. The van der Waals surface area contributed by atoms with E-state index in [0.29, 0.717) is 34.0 Å². The number of carbonyl (C=O) groups excluding carboxylic acids is 3. The van der Waals surface area contributed by atoms with Crippen molar-refractivity contribution in [1.82, 2.24) is 9.80 Å². The van der Waals surface area contributed by atoms with Gasteiger partial charge in [0.1, 0.15) is 19.7 Å². The first-order valence-electron chi connectivity index (χ1n) is 20.8. The van der Waals surface area contributed by atoms with E-state index in [1.54, 1.807) is 0 Å². The summed E-state index contributed by atoms with van der Waals surface area (Å²) in [4.78, 5) is 45.9. The maximum Gasteiger partial charge on any atom is 0.306 e. The van der Waals surface area contributed by atoms with Crippen LogP contribution in [0.3, 0.4) is 0 Å². The number of piperazine rings is 1. The minimum atomic E-state index is -0.863. The Kier molecular flexibility index (Phi) is 13.3. The molecule has 0 aromatic carbocycles. The van der Waals surface area contributed by atoms with E-state index in [1.165, 1.54) is 96.1 Å². The zero-order chi connectivity index (χ0) is 39.8. The van der Waals surface area contributed by atoms with Crippen LogP contribution in [-0.2, 0) is 23.9 Å². The van der Waals surface area contributed by atoms with E-state index in [9.17, 15) is 14.7 Å². The van der Waals surface area contributed by atoms with Crippen LogP contribution in [0.1, 0.15) is 139 Å². The van der Waals surface area contributed by atoms with Gasteiger partial charge in [0, 0.05) is 31.6 Å². The van der Waals surface area contributed by atoms with Crippen LogP contribution in [0.4, 0.5) is 0 Å². The summed E-state index contributed by atoms with van der Waals surface area (Å²) in [6.07, 6.45) is 14.1. The fraction of sp³-hybridized carbons (Fsp3) is 0.867. The van der Waals surface area contributed by atoms with Crippen LogP contribution in [0.5, 0.6) is 0 Å². The van der Waals surface area contributed by atoms with Crippen LogP contribution in [0.15, 0.2) is 12.2 Å². The van der Waals surface area contributed by atoms with Crippen molar-refractivity contribution in [3.63, 3.8) is 0 Å². The molecule has 1 saturated heterocycles. The number of nitrogens with zero attached hydrogens (tertiary/aromatic N) is 2. The number of aliphatic carboxylic acids is 1. The first-order valence-corrected chi connectivity index (χ1v) is 20.8. The predicted octanol–water partition coefficient (Wildman–Crippen LogP) is 8.71. The topological polar surface area (TPSA) is 104 Å². The fourth-order valence-electron chi connectivity index (χ4n) is 14.4. The SMILES string of the molecule is C=C(C)[C@@H]1CC[C@]2(CCN3CCN(C)CC3)CC[C@]3(C)[C@H](CCC4[C@@]5(C)CCC(OC(=O)CC(C)(C)CC(=O)O)C(C)(C)C5CC[C@]43C)C12.C=O.C=O. The zero-order valence-electron chi connectivity index (χ0n) is 35.2. The number of carboxylic acids is 1. The standard InChI is InChI=1S/C43H72N2O4.2CH2O/c1-29(2)30-13-18-43(21-22-45-25-23-44(10)24-26-45)20-19-41(8)31(37(30)43)11-12-33-40(7)16-15-34(39(5,6)32(40)14-17-42(33,41)9)49-36(48)28-38(3,4)27-35(46)47;2*1-2/h30-34,37H,1,11-28H2,2-10H3,(H,46,47);2*1H2/t30-,31+,32?,33?,34?,37?,40-,41+,42+,43+;;/m0../s1. The number of hydrogen-bond acceptors (Lipinski definition) is 7. The molecule has 0 bridgehead atoms. The number of esters is 1. The highest BCUT2D eigenvalue weighted by Crippen LogP contribution is 2.78. The van der Waals surface area contributed by atoms with Crippen LogP contribution in [-0.4, -0.2) is 86.3 Å². The predicted molar refractivity (Wildman–Crippen MR) is 212 cm³/mol. The number of carbonyl (C=O) groups is 4. The quantitative estimate of drug-likeness (QED) is 0.185. The summed E-state index contributed by atoms with van der Waals surface area (Å²) >= 11 is 0. The van der Waals surface area contributed by atoms with Crippen LogP contribution < -0.4 is 0 Å². The zero-order valence-corrected chi connectivity index (χ0v) is 35.2. The third kappa shape index (κ3) is 7.85. The lowest BCUT2D eigenvalue weighted by Gasteiger charge is -2.73. The highest BCUT2D eigenvalue weighted by molar-refractivity contribution is 5.73. The van der Waals surface area contributed by atoms with Gasteiger partial charge in [0.2, 0.25) is 0 Å². The number of fused-ring (bicyclic) bond motifs is 7. The highest BCUT2D eigenvalue weighted by atomic mass is 16.5. The van der Waals surface area contributed by atoms with Crippen LogP contribution >= 0.6 is 0 Å². The van der Waals surface area contributed by atoms with E-state index >= 15 is 0 Å². The van der Waals surface area contributed by atoms with Crippen molar-refractivity contribution in [2.45, 2.75) is 145 Å². The van der Waals surface area contributed by atoms with Gasteiger partial charge in [0.15, 0.2) is 0 Å². The number of hydrogen-bond donors (Lipinski definition) is 1. The molecule has 0 radical (unpaired) electrons. The van der Waals surface area contributed by atoms with Crippen molar-refractivity contribution < 1.29 is 29.0 Å². The average molecular weight is 741 g/mol. The Morgan fingerprint density at radius 1 is 0.792 bits per heavy atom. The summed E-state index contributed by atoms with van der Waals surface area (Å²) < 4.78 is 6.30. The third-order valence-corrected chi connectivity index (χ3v) is 17.2. The molecule has 0 aromatic heterocycles. The smallest absolute Gasteiger partial charge is 0.306 e. The Hall–Kier alpha value is -2.06. The summed E-state index contributed by atoms with van der Waals surface area (Å²) in [7, 11) is 2.27. The molecule has 1 heterocycles. The van der Waals surface area contributed by atoms with Crippen LogP contribution in [0, 0.1) is 62.1 Å². The monoisotopic (exact) mass is 741 g/mol. The minimum Gasteiger partial charge on any atom is -0.481 e. The summed E-state index contributed by atoms with van der Waals surface area (Å²) in [5.41, 5.74) is 2.09. The molecule has 1 N–H and O–H groups in total. The largest absolute Gasteiger partial charge is 0.481 e. The summed E-state index contributed by atoms with van der Waals surface area (Å²) in [6, 6.07) is 0. The fourth-order valence-corrected chi connectivity index (χ4v) is 14.4. The van der Waals surface area contributed by atoms with Crippen molar-refractivity contribution in [2.24, 2.45) is 62.1 Å². The Bertz CT molecular complexity index is 1320. The molecule has 5 aliphatic carbocycles. The van der Waals surface area contributed by atoms with Crippen molar-refractivity contribution in [1.29, 1.82) is 0 Å². The molecule has 6 aliphatic rings. The van der Waals surface area contributed by atoms with Gasteiger partial charge in [-0.1, -0.05) is 60.6 Å². The van der Waals surface area contributed by atoms with E-state index in [1.807, 2.05) is 27.4 Å². The van der Waals surface area contributed by atoms with Gasteiger partial charge in [-0.15, -0.1) is 0 Å². The second-order valence-corrected chi connectivity index (χ2v) is 20.7. The maximum absolute atomic E-state index is 13.2. The molecule has 0 amide bonds. The first kappa shape index (κ1) is 43.7. The molecule has 5 saturated carbocycles.